The largest absolute Gasteiger partial charge is 0.497 e. The van der Waals surface area contributed by atoms with Gasteiger partial charge >= 0.3 is 5.97 Å². The van der Waals surface area contributed by atoms with Gasteiger partial charge in [-0.05, 0) is 53.1 Å². The molecular weight excluding hydrogens is 474 g/mol. The first kappa shape index (κ1) is 23.3. The summed E-state index contributed by atoms with van der Waals surface area (Å²) in [5, 5.41) is 2.95. The lowest BCUT2D eigenvalue weighted by atomic mass is 9.98. The quantitative estimate of drug-likeness (QED) is 0.441. The molecule has 0 aromatic heterocycles. The van der Waals surface area contributed by atoms with Crippen LogP contribution in [0.4, 0.5) is 0 Å². The molecule has 6 nitrogen and oxygen atoms in total. The summed E-state index contributed by atoms with van der Waals surface area (Å²) in [6.07, 6.45) is 0.0982. The zero-order valence-electron chi connectivity index (χ0n) is 17.8. The second-order valence-corrected chi connectivity index (χ2v) is 7.93. The van der Waals surface area contributed by atoms with E-state index in [0.717, 1.165) is 32.7 Å². The molecule has 0 unspecified atom stereocenters. The fraction of sp³-hybridized carbons (Fsp3) is 0.200. The van der Waals surface area contributed by atoms with Crippen LogP contribution in [0.1, 0.15) is 22.7 Å². The first-order valence-corrected chi connectivity index (χ1v) is 10.7. The molecule has 166 valence electrons. The smallest absolute Gasteiger partial charge is 0.310 e. The molecule has 3 rings (SSSR count). The van der Waals surface area contributed by atoms with Crippen molar-refractivity contribution >= 4 is 27.8 Å². The van der Waals surface area contributed by atoms with E-state index < -0.39 is 17.9 Å². The molecule has 1 amide bonds. The zero-order chi connectivity index (χ0) is 22.9. The molecule has 0 spiro atoms. The van der Waals surface area contributed by atoms with E-state index in [2.05, 4.69) is 21.2 Å². The van der Waals surface area contributed by atoms with Gasteiger partial charge in [0.05, 0.1) is 26.7 Å². The van der Waals surface area contributed by atoms with Gasteiger partial charge in [-0.3, -0.25) is 9.59 Å². The molecule has 32 heavy (non-hydrogen) atoms. The fourth-order valence-corrected chi connectivity index (χ4v) is 3.38. The number of nitrogens with one attached hydrogen (secondary N) is 1. The van der Waals surface area contributed by atoms with Gasteiger partial charge in [-0.25, -0.2) is 0 Å². The average Bonchev–Trinajstić information content (AvgIpc) is 2.83. The van der Waals surface area contributed by atoms with Crippen LogP contribution < -0.4 is 14.8 Å². The molecule has 0 radical (unpaired) electrons. The number of hydrogen-bond acceptors (Lipinski definition) is 5. The second kappa shape index (κ2) is 11.3. The van der Waals surface area contributed by atoms with Crippen LogP contribution in [0.5, 0.6) is 11.5 Å². The second-order valence-electron chi connectivity index (χ2n) is 7.01. The lowest BCUT2D eigenvalue weighted by molar-refractivity contribution is -0.148. The summed E-state index contributed by atoms with van der Waals surface area (Å²) < 4.78 is 16.6. The molecule has 3 aromatic carbocycles. The number of ether oxygens (including phenoxy) is 3. The van der Waals surface area contributed by atoms with Gasteiger partial charge in [0, 0.05) is 4.47 Å². The van der Waals surface area contributed by atoms with E-state index in [1.807, 2.05) is 72.8 Å². The molecule has 0 fully saturated rings. The van der Waals surface area contributed by atoms with E-state index in [9.17, 15) is 9.59 Å². The highest BCUT2D eigenvalue weighted by Gasteiger charge is 2.18. The Kier molecular flexibility index (Phi) is 8.27. The van der Waals surface area contributed by atoms with Gasteiger partial charge < -0.3 is 19.5 Å². The monoisotopic (exact) mass is 497 g/mol. The van der Waals surface area contributed by atoms with Gasteiger partial charge in [0.25, 0.3) is 5.91 Å². The Bertz CT molecular complexity index is 986. The first-order valence-electron chi connectivity index (χ1n) is 9.96. The number of esters is 1. The molecular formula is C25H24BrNO5. The van der Waals surface area contributed by atoms with E-state index >= 15 is 0 Å². The lowest BCUT2D eigenvalue weighted by Gasteiger charge is -2.20. The van der Waals surface area contributed by atoms with Crippen molar-refractivity contribution in [3.8, 4) is 11.5 Å². The fourth-order valence-electron chi connectivity index (χ4n) is 3.12. The maximum absolute atomic E-state index is 12.6. The lowest BCUT2D eigenvalue weighted by Crippen LogP contribution is -2.33. The highest BCUT2D eigenvalue weighted by atomic mass is 79.9. The van der Waals surface area contributed by atoms with Crippen molar-refractivity contribution < 1.29 is 23.8 Å². The first-order chi connectivity index (χ1) is 15.5. The van der Waals surface area contributed by atoms with E-state index in [1.54, 1.807) is 14.2 Å². The topological polar surface area (TPSA) is 73.9 Å². The van der Waals surface area contributed by atoms with Crippen molar-refractivity contribution in [1.82, 2.24) is 5.32 Å². The number of hydrogen-bond donors (Lipinski definition) is 1. The summed E-state index contributed by atoms with van der Waals surface area (Å²) in [5.74, 6) is 0.574. The third kappa shape index (κ3) is 6.59. The van der Waals surface area contributed by atoms with Gasteiger partial charge in [-0.2, -0.15) is 0 Å². The van der Waals surface area contributed by atoms with Crippen molar-refractivity contribution in [2.45, 2.75) is 12.5 Å². The van der Waals surface area contributed by atoms with Crippen LogP contribution in [0.3, 0.4) is 0 Å². The summed E-state index contributed by atoms with van der Waals surface area (Å²) >= 11 is 3.36. The number of rotatable bonds is 9. The van der Waals surface area contributed by atoms with Gasteiger partial charge in [-0.1, -0.05) is 52.3 Å². The number of methoxy groups -OCH3 is 2. The van der Waals surface area contributed by atoms with Crippen molar-refractivity contribution in [2.75, 3.05) is 20.8 Å². The summed E-state index contributed by atoms with van der Waals surface area (Å²) in [5.41, 5.74) is 2.55. The Morgan fingerprint density at radius 3 is 1.78 bits per heavy atom. The van der Waals surface area contributed by atoms with Crippen LogP contribution in [0.15, 0.2) is 77.3 Å². The molecule has 3 aromatic rings. The van der Waals surface area contributed by atoms with Crippen LogP contribution in [-0.4, -0.2) is 32.7 Å². The summed E-state index contributed by atoms with van der Waals surface area (Å²) in [6.45, 7) is -0.363. The summed E-state index contributed by atoms with van der Waals surface area (Å²) in [7, 11) is 3.20. The Hall–Kier alpha value is -3.32. The maximum atomic E-state index is 12.6. The predicted octanol–water partition coefficient (Wildman–Crippen LogP) is 4.46. The van der Waals surface area contributed by atoms with Gasteiger partial charge in [-0.15, -0.1) is 0 Å². The van der Waals surface area contributed by atoms with Crippen LogP contribution in [0, 0.1) is 0 Å². The molecule has 0 saturated heterocycles. The van der Waals surface area contributed by atoms with E-state index in [-0.39, 0.29) is 13.0 Å². The highest BCUT2D eigenvalue weighted by Crippen LogP contribution is 2.26. The Morgan fingerprint density at radius 1 is 0.812 bits per heavy atom. The number of benzene rings is 3. The highest BCUT2D eigenvalue weighted by molar-refractivity contribution is 9.10. The minimum atomic E-state index is -0.465. The number of halogens is 1. The van der Waals surface area contributed by atoms with E-state index in [4.69, 9.17) is 14.2 Å². The minimum absolute atomic E-state index is 0.0982. The minimum Gasteiger partial charge on any atom is -0.497 e. The molecule has 7 heteroatoms. The third-order valence-corrected chi connectivity index (χ3v) is 5.36. The molecule has 0 aliphatic heterocycles. The van der Waals surface area contributed by atoms with E-state index in [0.29, 0.717) is 0 Å². The summed E-state index contributed by atoms with van der Waals surface area (Å²) in [4.78, 5) is 24.7. The molecule has 0 heterocycles. The van der Waals surface area contributed by atoms with Gasteiger partial charge in [0.1, 0.15) is 11.5 Å². The number of carbonyl (C=O) groups is 2. The molecule has 0 aliphatic rings. The molecule has 0 saturated carbocycles. The summed E-state index contributed by atoms with van der Waals surface area (Å²) in [6, 6.07) is 21.8. The average molecular weight is 498 g/mol. The van der Waals surface area contributed by atoms with Crippen molar-refractivity contribution in [3.05, 3.63) is 94.0 Å². The van der Waals surface area contributed by atoms with Gasteiger partial charge in [0.2, 0.25) is 0 Å². The Morgan fingerprint density at radius 2 is 1.31 bits per heavy atom. The third-order valence-electron chi connectivity index (χ3n) is 4.83. The molecule has 0 aliphatic carbocycles. The molecule has 0 bridgehead atoms. The van der Waals surface area contributed by atoms with Crippen LogP contribution >= 0.6 is 15.9 Å². The zero-order valence-corrected chi connectivity index (χ0v) is 19.4. The van der Waals surface area contributed by atoms with E-state index in [1.165, 1.54) is 0 Å². The predicted molar refractivity (Wildman–Crippen MR) is 125 cm³/mol. The Balaban J connectivity index is 1.66. The van der Waals surface area contributed by atoms with Crippen molar-refractivity contribution in [2.24, 2.45) is 0 Å². The molecule has 1 N–H and O–H groups in total. The number of carbonyl (C=O) groups excluding carboxylic acids is 2. The van der Waals surface area contributed by atoms with Crippen LogP contribution in [-0.2, 0) is 20.7 Å². The van der Waals surface area contributed by atoms with Crippen molar-refractivity contribution in [1.29, 1.82) is 0 Å². The standard InChI is InChI=1S/C25H24BrNO5/c1-30-21-11-5-18(6-12-21)25(19-7-13-22(31-2)14-8-19)27-23(28)16-32-24(29)15-17-3-9-20(26)10-4-17/h3-14,25H,15-16H2,1-2H3,(H,27,28). The normalized spacial score (nSPS) is 10.5. The Labute approximate surface area is 195 Å². The molecule has 0 atom stereocenters. The number of amides is 1. The van der Waals surface area contributed by atoms with Crippen molar-refractivity contribution in [3.63, 3.8) is 0 Å². The SMILES string of the molecule is COc1ccc(C(NC(=O)COC(=O)Cc2ccc(Br)cc2)c2ccc(OC)cc2)cc1. The van der Waals surface area contributed by atoms with Crippen LogP contribution in [0.25, 0.3) is 0 Å². The van der Waals surface area contributed by atoms with Gasteiger partial charge in [0.15, 0.2) is 6.61 Å². The van der Waals surface area contributed by atoms with Crippen LogP contribution in [0.2, 0.25) is 0 Å². The maximum Gasteiger partial charge on any atom is 0.310 e.